The number of rotatable bonds is 3. The molecule has 0 bridgehead atoms. The van der Waals surface area contributed by atoms with Gasteiger partial charge in [-0.3, -0.25) is 4.79 Å². The van der Waals surface area contributed by atoms with Gasteiger partial charge in [-0.25, -0.2) is 0 Å². The second-order valence-corrected chi connectivity index (χ2v) is 6.47. The van der Waals surface area contributed by atoms with E-state index < -0.39 is 0 Å². The number of hydrogen-bond donors (Lipinski definition) is 1. The van der Waals surface area contributed by atoms with Crippen molar-refractivity contribution in [2.24, 2.45) is 0 Å². The van der Waals surface area contributed by atoms with Crippen LogP contribution in [0.5, 0.6) is 5.75 Å². The third kappa shape index (κ3) is 3.46. The van der Waals surface area contributed by atoms with E-state index in [9.17, 15) is 4.79 Å². The molecule has 2 aromatic rings. The van der Waals surface area contributed by atoms with Crippen molar-refractivity contribution in [3.63, 3.8) is 0 Å². The molecule has 0 saturated carbocycles. The van der Waals surface area contributed by atoms with Gasteiger partial charge in [0.05, 0.1) is 17.8 Å². The molecule has 2 aromatic carbocycles. The Bertz CT molecular complexity index is 775. The van der Waals surface area contributed by atoms with Gasteiger partial charge in [-0.05, 0) is 36.4 Å². The molecule has 6 heteroatoms. The molecule has 1 aliphatic heterocycles. The molecule has 0 atom stereocenters. The molecule has 4 nitrogen and oxygen atoms in total. The lowest BCUT2D eigenvalue weighted by Crippen LogP contribution is -2.14. The summed E-state index contributed by atoms with van der Waals surface area (Å²) < 4.78 is 5.25. The molecule has 0 fully saturated rings. The number of thioether (sulfide) groups is 1. The standard InChI is InChI=1S/C17H15ClN2O2S/c1-20-14-9-13(22-2)7-8-15(14)23-17(20)10-16(21)19-12-5-3-11(18)4-6-12/h3-10H,1-2H3,(H,19,21)/b17-10-. The van der Waals surface area contributed by atoms with Gasteiger partial charge in [0, 0.05) is 34.8 Å². The average molecular weight is 347 g/mol. The number of anilines is 2. The highest BCUT2D eigenvalue weighted by molar-refractivity contribution is 8.03. The van der Waals surface area contributed by atoms with Crippen LogP contribution in [0.15, 0.2) is 58.5 Å². The van der Waals surface area contributed by atoms with E-state index in [1.165, 1.54) is 0 Å². The first-order valence-electron chi connectivity index (χ1n) is 6.94. The summed E-state index contributed by atoms with van der Waals surface area (Å²) in [6.45, 7) is 0. The Morgan fingerprint density at radius 1 is 1.26 bits per heavy atom. The van der Waals surface area contributed by atoms with E-state index in [0.717, 1.165) is 21.4 Å². The molecule has 1 amide bonds. The molecule has 0 unspecified atom stereocenters. The predicted molar refractivity (Wildman–Crippen MR) is 95.4 cm³/mol. The summed E-state index contributed by atoms with van der Waals surface area (Å²) in [5.41, 5.74) is 1.74. The fourth-order valence-electron chi connectivity index (χ4n) is 2.22. The fourth-order valence-corrected chi connectivity index (χ4v) is 3.41. The van der Waals surface area contributed by atoms with Gasteiger partial charge in [0.25, 0.3) is 5.91 Å². The summed E-state index contributed by atoms with van der Waals surface area (Å²) in [7, 11) is 3.57. The Hall–Kier alpha value is -2.11. The molecule has 0 saturated heterocycles. The lowest BCUT2D eigenvalue weighted by atomic mass is 10.3. The Labute approximate surface area is 144 Å². The molecule has 3 rings (SSSR count). The molecular weight excluding hydrogens is 332 g/mol. The van der Waals surface area contributed by atoms with E-state index in [2.05, 4.69) is 5.32 Å². The highest BCUT2D eigenvalue weighted by Gasteiger charge is 2.23. The van der Waals surface area contributed by atoms with Gasteiger partial charge in [-0.15, -0.1) is 0 Å². The third-order valence-electron chi connectivity index (χ3n) is 3.44. The normalized spacial score (nSPS) is 14.7. The molecule has 0 aromatic heterocycles. The summed E-state index contributed by atoms with van der Waals surface area (Å²) in [6.07, 6.45) is 1.59. The second-order valence-electron chi connectivity index (χ2n) is 4.97. The van der Waals surface area contributed by atoms with E-state index in [4.69, 9.17) is 16.3 Å². The maximum atomic E-state index is 12.2. The molecule has 118 valence electrons. The van der Waals surface area contributed by atoms with Crippen LogP contribution in [0.25, 0.3) is 0 Å². The Morgan fingerprint density at radius 2 is 2.00 bits per heavy atom. The van der Waals surface area contributed by atoms with Gasteiger partial charge in [0.15, 0.2) is 0 Å². The number of amides is 1. The van der Waals surface area contributed by atoms with Crippen LogP contribution >= 0.6 is 23.4 Å². The minimum atomic E-state index is -0.179. The van der Waals surface area contributed by atoms with E-state index in [1.54, 1.807) is 49.2 Å². The quantitative estimate of drug-likeness (QED) is 0.838. The highest BCUT2D eigenvalue weighted by atomic mass is 35.5. The fraction of sp³-hybridized carbons (Fsp3) is 0.118. The van der Waals surface area contributed by atoms with E-state index in [-0.39, 0.29) is 5.91 Å². The predicted octanol–water partition coefficient (Wildman–Crippen LogP) is 4.37. The topological polar surface area (TPSA) is 41.6 Å². The zero-order valence-corrected chi connectivity index (χ0v) is 14.2. The van der Waals surface area contributed by atoms with Crippen molar-refractivity contribution in [2.45, 2.75) is 4.90 Å². The number of fused-ring (bicyclic) bond motifs is 1. The van der Waals surface area contributed by atoms with Crippen LogP contribution in [-0.2, 0) is 4.79 Å². The summed E-state index contributed by atoms with van der Waals surface area (Å²) in [6, 6.07) is 12.9. The number of nitrogens with zero attached hydrogens (tertiary/aromatic N) is 1. The Morgan fingerprint density at radius 3 is 2.70 bits per heavy atom. The van der Waals surface area contributed by atoms with Crippen molar-refractivity contribution in [2.75, 3.05) is 24.4 Å². The summed E-state index contributed by atoms with van der Waals surface area (Å²) in [5, 5.41) is 4.32. The van der Waals surface area contributed by atoms with Crippen LogP contribution in [-0.4, -0.2) is 20.1 Å². The number of methoxy groups -OCH3 is 1. The Kier molecular flexibility index (Phi) is 4.50. The first-order valence-corrected chi connectivity index (χ1v) is 8.14. The van der Waals surface area contributed by atoms with Gasteiger partial charge in [0.2, 0.25) is 0 Å². The van der Waals surface area contributed by atoms with Gasteiger partial charge in [-0.2, -0.15) is 0 Å². The third-order valence-corrected chi connectivity index (χ3v) is 4.86. The largest absolute Gasteiger partial charge is 0.497 e. The zero-order valence-electron chi connectivity index (χ0n) is 12.7. The van der Waals surface area contributed by atoms with Gasteiger partial charge < -0.3 is 15.0 Å². The van der Waals surface area contributed by atoms with Crippen LogP contribution in [0, 0.1) is 0 Å². The molecule has 0 spiro atoms. The maximum Gasteiger partial charge on any atom is 0.251 e. The van der Waals surface area contributed by atoms with Crippen molar-refractivity contribution < 1.29 is 9.53 Å². The number of ether oxygens (including phenoxy) is 1. The summed E-state index contributed by atoms with van der Waals surface area (Å²) >= 11 is 7.39. The molecule has 1 N–H and O–H groups in total. The summed E-state index contributed by atoms with van der Waals surface area (Å²) in [5.74, 6) is 0.615. The van der Waals surface area contributed by atoms with Crippen molar-refractivity contribution in [1.82, 2.24) is 0 Å². The highest BCUT2D eigenvalue weighted by Crippen LogP contribution is 2.46. The number of hydrogen-bond acceptors (Lipinski definition) is 4. The van der Waals surface area contributed by atoms with Crippen LogP contribution in [0.4, 0.5) is 11.4 Å². The first kappa shape index (κ1) is 15.8. The molecule has 0 aliphatic carbocycles. The summed E-state index contributed by atoms with van der Waals surface area (Å²) in [4.78, 5) is 15.3. The van der Waals surface area contributed by atoms with Crippen molar-refractivity contribution in [3.8, 4) is 5.75 Å². The SMILES string of the molecule is COc1ccc2c(c1)N(C)/C(=C/C(=O)Nc1ccc(Cl)cc1)S2. The van der Waals surface area contributed by atoms with E-state index in [0.29, 0.717) is 10.7 Å². The number of carbonyl (C=O) groups excluding carboxylic acids is 1. The molecule has 1 aliphatic rings. The van der Waals surface area contributed by atoms with Gasteiger partial charge in [-0.1, -0.05) is 23.4 Å². The minimum Gasteiger partial charge on any atom is -0.497 e. The first-order chi connectivity index (χ1) is 11.1. The number of carbonyl (C=O) groups is 1. The number of halogens is 1. The monoisotopic (exact) mass is 346 g/mol. The van der Waals surface area contributed by atoms with Gasteiger partial charge in [0.1, 0.15) is 5.75 Å². The average Bonchev–Trinajstić information content (AvgIpc) is 2.85. The van der Waals surface area contributed by atoms with Crippen molar-refractivity contribution >= 4 is 40.6 Å². The molecule has 1 heterocycles. The van der Waals surface area contributed by atoms with Gasteiger partial charge >= 0.3 is 0 Å². The number of benzene rings is 2. The van der Waals surface area contributed by atoms with Crippen molar-refractivity contribution in [1.29, 1.82) is 0 Å². The maximum absolute atomic E-state index is 12.2. The van der Waals surface area contributed by atoms with E-state index in [1.807, 2.05) is 30.1 Å². The smallest absolute Gasteiger partial charge is 0.251 e. The molecular formula is C17H15ClN2O2S. The van der Waals surface area contributed by atoms with Crippen LogP contribution < -0.4 is 15.0 Å². The molecule has 0 radical (unpaired) electrons. The lowest BCUT2D eigenvalue weighted by molar-refractivity contribution is -0.111. The zero-order chi connectivity index (χ0) is 16.4. The minimum absolute atomic E-state index is 0.179. The second kappa shape index (κ2) is 6.56. The lowest BCUT2D eigenvalue weighted by Gasteiger charge is -2.14. The van der Waals surface area contributed by atoms with Crippen LogP contribution in [0.2, 0.25) is 5.02 Å². The Balaban J connectivity index is 1.75. The van der Waals surface area contributed by atoms with E-state index >= 15 is 0 Å². The number of nitrogens with one attached hydrogen (secondary N) is 1. The van der Waals surface area contributed by atoms with Crippen LogP contribution in [0.1, 0.15) is 0 Å². The van der Waals surface area contributed by atoms with Crippen molar-refractivity contribution in [3.05, 3.63) is 58.6 Å². The van der Waals surface area contributed by atoms with Crippen LogP contribution in [0.3, 0.4) is 0 Å². The molecule has 23 heavy (non-hydrogen) atoms.